The van der Waals surface area contributed by atoms with E-state index in [1.807, 2.05) is 6.92 Å². The number of rotatable bonds is 5. The molecule has 3 saturated carbocycles. The quantitative estimate of drug-likeness (QED) is 0.424. The van der Waals surface area contributed by atoms with Gasteiger partial charge in [-0.2, -0.15) is 0 Å². The van der Waals surface area contributed by atoms with Crippen LogP contribution < -0.4 is 0 Å². The van der Waals surface area contributed by atoms with E-state index < -0.39 is 0 Å². The first-order chi connectivity index (χ1) is 13.7. The molecule has 2 nitrogen and oxygen atoms in total. The van der Waals surface area contributed by atoms with Crippen molar-refractivity contribution in [1.29, 1.82) is 0 Å². The molecule has 4 rings (SSSR count). The molecular formula is C27H42O2. The van der Waals surface area contributed by atoms with E-state index in [0.717, 1.165) is 42.9 Å². The lowest BCUT2D eigenvalue weighted by Gasteiger charge is -2.58. The lowest BCUT2D eigenvalue weighted by Crippen LogP contribution is -2.50. The number of Topliss-reactive ketones (excluding diaryl/α,β-unsaturated/α-hetero) is 1. The Morgan fingerprint density at radius 3 is 2.69 bits per heavy atom. The molecule has 1 N–H and O–H groups in total. The van der Waals surface area contributed by atoms with Gasteiger partial charge in [-0.05, 0) is 111 Å². The van der Waals surface area contributed by atoms with Crippen molar-refractivity contribution in [2.45, 2.75) is 98.0 Å². The van der Waals surface area contributed by atoms with E-state index in [0.29, 0.717) is 28.7 Å². The second kappa shape index (κ2) is 7.66. The molecule has 0 aromatic rings. The van der Waals surface area contributed by atoms with Crippen LogP contribution >= 0.6 is 0 Å². The van der Waals surface area contributed by atoms with Crippen molar-refractivity contribution < 1.29 is 9.90 Å². The Hall–Kier alpha value is -0.890. The Labute approximate surface area is 178 Å². The van der Waals surface area contributed by atoms with Gasteiger partial charge in [0.2, 0.25) is 0 Å². The normalized spacial score (nSPS) is 44.9. The van der Waals surface area contributed by atoms with Gasteiger partial charge in [0.25, 0.3) is 0 Å². The van der Waals surface area contributed by atoms with E-state index in [9.17, 15) is 9.90 Å². The lowest BCUT2D eigenvalue weighted by atomic mass is 9.47. The first-order valence-electron chi connectivity index (χ1n) is 12.2. The van der Waals surface area contributed by atoms with E-state index >= 15 is 0 Å². The number of ketones is 1. The minimum atomic E-state index is -0.113. The Kier molecular flexibility index (Phi) is 5.64. The smallest absolute Gasteiger partial charge is 0.157 e. The van der Waals surface area contributed by atoms with E-state index in [4.69, 9.17) is 0 Å². The van der Waals surface area contributed by atoms with E-state index in [1.165, 1.54) is 38.5 Å². The highest BCUT2D eigenvalue weighted by atomic mass is 16.3. The molecule has 0 aromatic heterocycles. The summed E-state index contributed by atoms with van der Waals surface area (Å²) in [5.41, 5.74) is 3.07. The number of carbonyl (C=O) groups excluding carboxylic acids is 1. The van der Waals surface area contributed by atoms with Crippen LogP contribution in [0.25, 0.3) is 0 Å². The third-order valence-electron chi connectivity index (χ3n) is 10.1. The van der Waals surface area contributed by atoms with Crippen LogP contribution in [0.3, 0.4) is 0 Å². The van der Waals surface area contributed by atoms with Gasteiger partial charge < -0.3 is 5.11 Å². The summed E-state index contributed by atoms with van der Waals surface area (Å²) in [5, 5.41) is 10.2. The van der Waals surface area contributed by atoms with Gasteiger partial charge in [-0.25, -0.2) is 0 Å². The molecular weight excluding hydrogens is 356 g/mol. The van der Waals surface area contributed by atoms with Crippen LogP contribution in [0.1, 0.15) is 91.9 Å². The molecule has 0 aromatic carbocycles. The second-order valence-corrected chi connectivity index (χ2v) is 11.6. The van der Waals surface area contributed by atoms with Crippen molar-refractivity contribution in [2.24, 2.45) is 40.4 Å². The molecule has 0 heterocycles. The summed E-state index contributed by atoms with van der Waals surface area (Å²) in [5.74, 6) is 4.11. The monoisotopic (exact) mass is 398 g/mol. The molecule has 8 atom stereocenters. The summed E-state index contributed by atoms with van der Waals surface area (Å²) in [6.45, 7) is 13.2. The maximum Gasteiger partial charge on any atom is 0.157 e. The predicted octanol–water partition coefficient (Wildman–Crippen LogP) is 6.49. The lowest BCUT2D eigenvalue weighted by molar-refractivity contribution is -0.116. The molecule has 2 heteroatoms. The zero-order valence-electron chi connectivity index (χ0n) is 19.2. The number of aliphatic hydroxyl groups excluding tert-OH is 1. The van der Waals surface area contributed by atoms with E-state index in [2.05, 4.69) is 33.4 Å². The molecule has 0 saturated heterocycles. The molecule has 3 fully saturated rings. The van der Waals surface area contributed by atoms with Gasteiger partial charge in [0.1, 0.15) is 0 Å². The minimum absolute atomic E-state index is 0.113. The van der Waals surface area contributed by atoms with Crippen molar-refractivity contribution in [3.63, 3.8) is 0 Å². The maximum atomic E-state index is 12.1. The van der Waals surface area contributed by atoms with Crippen LogP contribution in [-0.4, -0.2) is 17.0 Å². The fourth-order valence-electron chi connectivity index (χ4n) is 8.39. The number of hydrogen-bond acceptors (Lipinski definition) is 2. The minimum Gasteiger partial charge on any atom is -0.393 e. The summed E-state index contributed by atoms with van der Waals surface area (Å²) >= 11 is 0. The molecule has 1 unspecified atom stereocenters. The zero-order valence-corrected chi connectivity index (χ0v) is 19.2. The van der Waals surface area contributed by atoms with Gasteiger partial charge in [-0.1, -0.05) is 39.0 Å². The Balaban J connectivity index is 1.50. The number of hydrogen-bond donors (Lipinski definition) is 1. The Bertz CT molecular complexity index is 705. The summed E-state index contributed by atoms with van der Waals surface area (Å²) in [7, 11) is 0. The van der Waals surface area contributed by atoms with Crippen molar-refractivity contribution in [3.8, 4) is 0 Å². The number of allylic oxidation sites excluding steroid dienone is 2. The topological polar surface area (TPSA) is 37.3 Å². The molecule has 0 spiro atoms. The van der Waals surface area contributed by atoms with Crippen LogP contribution in [-0.2, 0) is 4.79 Å². The molecule has 0 aliphatic heterocycles. The first kappa shape index (κ1) is 21.3. The molecule has 162 valence electrons. The summed E-state index contributed by atoms with van der Waals surface area (Å²) in [4.78, 5) is 12.1. The summed E-state index contributed by atoms with van der Waals surface area (Å²) in [6, 6.07) is 0. The SMILES string of the molecule is C=C(C)C(=O)CC[C@@H](C)[C@H]1CC[C@H]2C3CC=C4C[C@@H](O)CC[C@]4(C)[C@H]3CC[C@]12C. The van der Waals surface area contributed by atoms with Gasteiger partial charge >= 0.3 is 0 Å². The van der Waals surface area contributed by atoms with Crippen molar-refractivity contribution in [2.75, 3.05) is 0 Å². The van der Waals surface area contributed by atoms with E-state index in [1.54, 1.807) is 5.57 Å². The van der Waals surface area contributed by atoms with Crippen LogP contribution in [0.4, 0.5) is 0 Å². The molecule has 4 aliphatic carbocycles. The Morgan fingerprint density at radius 2 is 1.97 bits per heavy atom. The first-order valence-corrected chi connectivity index (χ1v) is 12.2. The van der Waals surface area contributed by atoms with Gasteiger partial charge in [0.05, 0.1) is 6.10 Å². The average molecular weight is 399 g/mol. The van der Waals surface area contributed by atoms with Crippen molar-refractivity contribution in [3.05, 3.63) is 23.8 Å². The molecule has 0 radical (unpaired) electrons. The largest absolute Gasteiger partial charge is 0.393 e. The van der Waals surface area contributed by atoms with Crippen LogP contribution in [0.2, 0.25) is 0 Å². The Morgan fingerprint density at radius 1 is 1.21 bits per heavy atom. The maximum absolute atomic E-state index is 12.1. The predicted molar refractivity (Wildman–Crippen MR) is 119 cm³/mol. The van der Waals surface area contributed by atoms with Gasteiger partial charge in [0.15, 0.2) is 5.78 Å². The molecule has 29 heavy (non-hydrogen) atoms. The fraction of sp³-hybridized carbons (Fsp3) is 0.815. The van der Waals surface area contributed by atoms with Crippen LogP contribution in [0.5, 0.6) is 0 Å². The zero-order chi connectivity index (χ0) is 21.0. The number of carbonyl (C=O) groups is 1. The second-order valence-electron chi connectivity index (χ2n) is 11.6. The molecule has 0 amide bonds. The standard InChI is InChI=1S/C27H42O2/c1-17(2)25(29)11-6-18(3)22-9-10-23-21-8-7-19-16-20(28)12-14-26(19,4)24(21)13-15-27(22,23)5/h7,18,20-24,28H,1,6,8-16H2,2-5H3/t18-,20+,21?,22-,23+,24+,26+,27-/m1/s1. The van der Waals surface area contributed by atoms with Gasteiger partial charge in [-0.15, -0.1) is 0 Å². The van der Waals surface area contributed by atoms with Gasteiger partial charge in [0, 0.05) is 6.42 Å². The average Bonchev–Trinajstić information content (AvgIpc) is 3.03. The molecule has 4 aliphatic rings. The third-order valence-corrected chi connectivity index (χ3v) is 10.1. The summed E-state index contributed by atoms with van der Waals surface area (Å²) < 4.78 is 0. The summed E-state index contributed by atoms with van der Waals surface area (Å²) in [6.07, 6.45) is 13.9. The van der Waals surface area contributed by atoms with Gasteiger partial charge in [-0.3, -0.25) is 4.79 Å². The van der Waals surface area contributed by atoms with Crippen molar-refractivity contribution in [1.82, 2.24) is 0 Å². The van der Waals surface area contributed by atoms with Crippen LogP contribution in [0, 0.1) is 40.4 Å². The molecule has 0 bridgehead atoms. The number of aliphatic hydroxyl groups is 1. The highest BCUT2D eigenvalue weighted by Gasteiger charge is 2.59. The highest BCUT2D eigenvalue weighted by Crippen LogP contribution is 2.67. The highest BCUT2D eigenvalue weighted by molar-refractivity contribution is 5.94. The fourth-order valence-corrected chi connectivity index (χ4v) is 8.39. The van der Waals surface area contributed by atoms with Crippen LogP contribution in [0.15, 0.2) is 23.8 Å². The third kappa shape index (κ3) is 3.48. The van der Waals surface area contributed by atoms with Crippen molar-refractivity contribution >= 4 is 5.78 Å². The number of fused-ring (bicyclic) bond motifs is 5. The van der Waals surface area contributed by atoms with E-state index in [-0.39, 0.29) is 11.9 Å².